The zero-order chi connectivity index (χ0) is 26.8. The van der Waals surface area contributed by atoms with Gasteiger partial charge in [-0.1, -0.05) is 6.92 Å². The van der Waals surface area contributed by atoms with Crippen LogP contribution in [0.2, 0.25) is 0 Å². The lowest BCUT2D eigenvalue weighted by Crippen LogP contribution is -2.36. The monoisotopic (exact) mass is 516 g/mol. The molecule has 0 aliphatic carbocycles. The minimum Gasteiger partial charge on any atom is -0.496 e. The fourth-order valence-corrected chi connectivity index (χ4v) is 3.61. The molecule has 1 unspecified atom stereocenters. The number of hydrogen-bond donors (Lipinski definition) is 2. The number of fused-ring (bicyclic) bond motifs is 1. The number of aromatic nitrogens is 1. The van der Waals surface area contributed by atoms with Gasteiger partial charge in [0, 0.05) is 17.0 Å². The number of benzene rings is 2. The fraction of sp³-hybridized carbons (Fsp3) is 0.333. The van der Waals surface area contributed by atoms with Crippen LogP contribution in [0.15, 0.2) is 36.4 Å². The molecule has 6 nitrogen and oxygen atoms in total. The van der Waals surface area contributed by atoms with Gasteiger partial charge in [0.1, 0.15) is 11.5 Å². The number of pyridine rings is 1. The molecule has 0 saturated heterocycles. The van der Waals surface area contributed by atoms with Crippen molar-refractivity contribution in [3.05, 3.63) is 53.1 Å². The Morgan fingerprint density at radius 1 is 1.00 bits per heavy atom. The van der Waals surface area contributed by atoms with Crippen molar-refractivity contribution in [2.24, 2.45) is 0 Å². The van der Waals surface area contributed by atoms with Crippen LogP contribution in [-0.2, 0) is 12.4 Å². The van der Waals surface area contributed by atoms with Gasteiger partial charge in [-0.05, 0) is 36.8 Å². The second-order valence-electron chi connectivity index (χ2n) is 7.80. The van der Waals surface area contributed by atoms with E-state index in [2.05, 4.69) is 10.3 Å². The van der Waals surface area contributed by atoms with Crippen LogP contribution in [-0.4, -0.2) is 42.9 Å². The van der Waals surface area contributed by atoms with Crippen LogP contribution in [0.5, 0.6) is 11.5 Å². The zero-order valence-electron chi connectivity index (χ0n) is 19.3. The summed E-state index contributed by atoms with van der Waals surface area (Å²) in [6.07, 6.45) is -9.76. The average molecular weight is 516 g/mol. The lowest BCUT2D eigenvalue weighted by atomic mass is 9.97. The number of carbonyl (C=O) groups excluding carboxylic acids is 1. The SMILES string of the molecule is CCC(CO)NC(=O)c1ccc2c(OC)cc(-c3c(OC)cc(C(F)(F)F)cc3C(F)(F)F)nc2c1. The molecule has 0 aliphatic rings. The molecule has 1 atom stereocenters. The molecule has 0 aliphatic heterocycles. The summed E-state index contributed by atoms with van der Waals surface area (Å²) in [5.41, 5.74) is -4.03. The van der Waals surface area contributed by atoms with Crippen LogP contribution in [0.1, 0.15) is 34.8 Å². The van der Waals surface area contributed by atoms with Gasteiger partial charge in [0.2, 0.25) is 0 Å². The first kappa shape index (κ1) is 27.1. The summed E-state index contributed by atoms with van der Waals surface area (Å²) in [5.74, 6) is -1.15. The molecule has 2 aromatic carbocycles. The van der Waals surface area contributed by atoms with Crippen LogP contribution in [0, 0.1) is 0 Å². The molecule has 36 heavy (non-hydrogen) atoms. The number of amides is 1. The molecule has 194 valence electrons. The van der Waals surface area contributed by atoms with E-state index in [9.17, 15) is 36.2 Å². The van der Waals surface area contributed by atoms with Crippen molar-refractivity contribution in [2.75, 3.05) is 20.8 Å². The number of nitrogens with one attached hydrogen (secondary N) is 1. The number of methoxy groups -OCH3 is 2. The van der Waals surface area contributed by atoms with E-state index < -0.39 is 46.7 Å². The molecule has 2 N–H and O–H groups in total. The minimum atomic E-state index is -5.17. The fourth-order valence-electron chi connectivity index (χ4n) is 3.61. The highest BCUT2D eigenvalue weighted by Gasteiger charge is 2.40. The number of ether oxygens (including phenoxy) is 2. The Labute approximate surface area is 201 Å². The van der Waals surface area contributed by atoms with Crippen molar-refractivity contribution in [3.63, 3.8) is 0 Å². The third-order valence-corrected chi connectivity index (χ3v) is 5.51. The van der Waals surface area contributed by atoms with E-state index in [1.807, 2.05) is 0 Å². The molecule has 0 saturated carbocycles. The Morgan fingerprint density at radius 3 is 2.19 bits per heavy atom. The highest BCUT2D eigenvalue weighted by atomic mass is 19.4. The summed E-state index contributed by atoms with van der Waals surface area (Å²) in [4.78, 5) is 16.8. The summed E-state index contributed by atoms with van der Waals surface area (Å²) in [5, 5.41) is 12.3. The maximum Gasteiger partial charge on any atom is 0.417 e. The molecule has 0 radical (unpaired) electrons. The van der Waals surface area contributed by atoms with Crippen LogP contribution < -0.4 is 14.8 Å². The van der Waals surface area contributed by atoms with Crippen molar-refractivity contribution in [3.8, 4) is 22.8 Å². The van der Waals surface area contributed by atoms with Crippen molar-refractivity contribution in [1.82, 2.24) is 10.3 Å². The van der Waals surface area contributed by atoms with Gasteiger partial charge in [-0.2, -0.15) is 26.3 Å². The van der Waals surface area contributed by atoms with Crippen LogP contribution >= 0.6 is 0 Å². The number of rotatable bonds is 7. The Kier molecular flexibility index (Phi) is 7.68. The van der Waals surface area contributed by atoms with Gasteiger partial charge in [-0.3, -0.25) is 4.79 Å². The van der Waals surface area contributed by atoms with Gasteiger partial charge >= 0.3 is 12.4 Å². The first-order valence-electron chi connectivity index (χ1n) is 10.6. The maximum absolute atomic E-state index is 13.9. The largest absolute Gasteiger partial charge is 0.496 e. The van der Waals surface area contributed by atoms with Crippen LogP contribution in [0.25, 0.3) is 22.2 Å². The summed E-state index contributed by atoms with van der Waals surface area (Å²) in [6.45, 7) is 1.47. The number of halogens is 6. The number of nitrogens with zero attached hydrogens (tertiary/aromatic N) is 1. The molecule has 3 aromatic rings. The number of aliphatic hydroxyl groups excluding tert-OH is 1. The van der Waals surface area contributed by atoms with E-state index in [1.165, 1.54) is 25.3 Å². The summed E-state index contributed by atoms with van der Waals surface area (Å²) >= 11 is 0. The Morgan fingerprint density at radius 2 is 1.67 bits per heavy atom. The summed E-state index contributed by atoms with van der Waals surface area (Å²) in [6, 6.07) is 5.35. The van der Waals surface area contributed by atoms with Gasteiger partial charge < -0.3 is 19.9 Å². The van der Waals surface area contributed by atoms with E-state index in [4.69, 9.17) is 9.47 Å². The van der Waals surface area contributed by atoms with Crippen molar-refractivity contribution in [2.45, 2.75) is 31.7 Å². The molecular formula is C24H22F6N2O4. The highest BCUT2D eigenvalue weighted by Crippen LogP contribution is 2.46. The quantitative estimate of drug-likeness (QED) is 0.408. The van der Waals surface area contributed by atoms with Crippen LogP contribution in [0.3, 0.4) is 0 Å². The zero-order valence-corrected chi connectivity index (χ0v) is 19.3. The van der Waals surface area contributed by atoms with Crippen molar-refractivity contribution in [1.29, 1.82) is 0 Å². The topological polar surface area (TPSA) is 80.7 Å². The Bertz CT molecular complexity index is 1270. The molecule has 3 rings (SSSR count). The third kappa shape index (κ3) is 5.48. The summed E-state index contributed by atoms with van der Waals surface area (Å²) in [7, 11) is 2.21. The van der Waals surface area contributed by atoms with Gasteiger partial charge in [0.25, 0.3) is 5.91 Å². The Hall–Kier alpha value is -3.54. The first-order chi connectivity index (χ1) is 16.8. The summed E-state index contributed by atoms with van der Waals surface area (Å²) < 4.78 is 91.8. The standard InChI is InChI=1S/C24H22F6N2O4/c1-4-14(11-33)31-22(34)12-5-6-15-17(7-12)32-18(10-19(15)35-2)21-16(24(28,29)30)8-13(23(25,26)27)9-20(21)36-3/h5-10,14,33H,4,11H2,1-3H3,(H,31,34). The van der Waals surface area contributed by atoms with Crippen molar-refractivity contribution >= 4 is 16.8 Å². The van der Waals surface area contributed by atoms with E-state index in [-0.39, 0.29) is 35.2 Å². The second kappa shape index (κ2) is 10.2. The second-order valence-corrected chi connectivity index (χ2v) is 7.80. The molecule has 1 aromatic heterocycles. The lowest BCUT2D eigenvalue weighted by molar-refractivity contribution is -0.142. The van der Waals surface area contributed by atoms with E-state index in [0.717, 1.165) is 13.2 Å². The van der Waals surface area contributed by atoms with Crippen molar-refractivity contribution < 1.29 is 45.7 Å². The molecule has 0 fully saturated rings. The first-order valence-corrected chi connectivity index (χ1v) is 10.6. The Balaban J connectivity index is 2.27. The molecule has 1 heterocycles. The molecule has 0 spiro atoms. The normalized spacial score (nSPS) is 12.9. The maximum atomic E-state index is 13.9. The minimum absolute atomic E-state index is 0.000145. The number of aliphatic hydroxyl groups is 1. The van der Waals surface area contributed by atoms with Crippen LogP contribution in [0.4, 0.5) is 26.3 Å². The molecule has 12 heteroatoms. The number of alkyl halides is 6. The van der Waals surface area contributed by atoms with Gasteiger partial charge in [0.15, 0.2) is 0 Å². The van der Waals surface area contributed by atoms with E-state index in [1.54, 1.807) is 6.92 Å². The number of carbonyl (C=O) groups is 1. The predicted molar refractivity (Wildman–Crippen MR) is 119 cm³/mol. The van der Waals surface area contributed by atoms with E-state index >= 15 is 0 Å². The van der Waals surface area contributed by atoms with Gasteiger partial charge in [-0.15, -0.1) is 0 Å². The van der Waals surface area contributed by atoms with E-state index in [0.29, 0.717) is 17.9 Å². The molecule has 1 amide bonds. The van der Waals surface area contributed by atoms with Gasteiger partial charge in [-0.25, -0.2) is 4.98 Å². The average Bonchev–Trinajstić information content (AvgIpc) is 2.83. The highest BCUT2D eigenvalue weighted by molar-refractivity contribution is 5.99. The molecule has 0 bridgehead atoms. The van der Waals surface area contributed by atoms with Gasteiger partial charge in [0.05, 0.1) is 54.8 Å². The third-order valence-electron chi connectivity index (χ3n) is 5.51. The predicted octanol–water partition coefficient (Wildman–Crippen LogP) is 5.46. The molecular weight excluding hydrogens is 494 g/mol. The number of hydrogen-bond acceptors (Lipinski definition) is 5. The smallest absolute Gasteiger partial charge is 0.417 e. The lowest BCUT2D eigenvalue weighted by Gasteiger charge is -2.20.